The van der Waals surface area contributed by atoms with Gasteiger partial charge in [0.15, 0.2) is 6.23 Å². The molecule has 1 aliphatic heterocycles. The molecule has 1 atom stereocenters. The van der Waals surface area contributed by atoms with E-state index in [2.05, 4.69) is 10.2 Å². The molecule has 2 aromatic rings. The fourth-order valence-electron chi connectivity index (χ4n) is 1.80. The molecule has 1 aromatic carbocycles. The Morgan fingerprint density at radius 3 is 2.31 bits per heavy atom. The molecule has 1 saturated heterocycles. The van der Waals surface area contributed by atoms with Crippen molar-refractivity contribution in [3.63, 3.8) is 0 Å². The van der Waals surface area contributed by atoms with E-state index >= 15 is 0 Å². The zero-order valence-corrected chi connectivity index (χ0v) is 9.87. The van der Waals surface area contributed by atoms with Crippen LogP contribution in [0.4, 0.5) is 0 Å². The average Bonchev–Trinajstić information content (AvgIpc) is 2.86. The van der Waals surface area contributed by atoms with E-state index in [1.54, 1.807) is 16.9 Å². The van der Waals surface area contributed by atoms with Gasteiger partial charge in [0, 0.05) is 6.61 Å². The molecular formula is C10H9Cl2N3O. The van der Waals surface area contributed by atoms with Gasteiger partial charge in [-0.05, 0) is 25.0 Å². The van der Waals surface area contributed by atoms with Gasteiger partial charge in [-0.2, -0.15) is 15.0 Å². The van der Waals surface area contributed by atoms with Crippen molar-refractivity contribution in [2.24, 2.45) is 0 Å². The third kappa shape index (κ3) is 1.67. The highest BCUT2D eigenvalue weighted by molar-refractivity contribution is 6.42. The summed E-state index contributed by atoms with van der Waals surface area (Å²) in [7, 11) is 0. The monoisotopic (exact) mass is 257 g/mol. The molecule has 2 heterocycles. The lowest BCUT2D eigenvalue weighted by Gasteiger charge is -2.06. The summed E-state index contributed by atoms with van der Waals surface area (Å²) in [5.41, 5.74) is 1.48. The Kier molecular flexibility index (Phi) is 2.50. The second-order valence-corrected chi connectivity index (χ2v) is 4.56. The lowest BCUT2D eigenvalue weighted by atomic mass is 10.3. The van der Waals surface area contributed by atoms with Crippen molar-refractivity contribution >= 4 is 34.2 Å². The first-order valence-corrected chi connectivity index (χ1v) is 5.83. The molecule has 84 valence electrons. The van der Waals surface area contributed by atoms with Gasteiger partial charge in [-0.15, -0.1) is 0 Å². The van der Waals surface area contributed by atoms with Crippen LogP contribution in [-0.4, -0.2) is 21.6 Å². The molecule has 1 aliphatic rings. The number of hydrogen-bond acceptors (Lipinski definition) is 3. The van der Waals surface area contributed by atoms with Gasteiger partial charge >= 0.3 is 0 Å². The maximum absolute atomic E-state index is 5.92. The predicted octanol–water partition coefficient (Wildman–Crippen LogP) is 3.05. The first kappa shape index (κ1) is 10.3. The number of benzene rings is 1. The molecule has 1 fully saturated rings. The van der Waals surface area contributed by atoms with Crippen LogP contribution in [0.5, 0.6) is 0 Å². The van der Waals surface area contributed by atoms with E-state index in [1.165, 1.54) is 0 Å². The molecule has 0 aliphatic carbocycles. The Balaban J connectivity index is 2.08. The maximum Gasteiger partial charge on any atom is 0.169 e. The summed E-state index contributed by atoms with van der Waals surface area (Å²) in [4.78, 5) is 1.60. The Hall–Kier alpha value is -0.840. The fourth-order valence-corrected chi connectivity index (χ4v) is 2.12. The van der Waals surface area contributed by atoms with Crippen molar-refractivity contribution in [2.75, 3.05) is 6.61 Å². The normalized spacial score (nSPS) is 20.8. The number of rotatable bonds is 1. The van der Waals surface area contributed by atoms with Crippen LogP contribution >= 0.6 is 23.2 Å². The predicted molar refractivity (Wildman–Crippen MR) is 61.8 cm³/mol. The second-order valence-electron chi connectivity index (χ2n) is 3.74. The van der Waals surface area contributed by atoms with Crippen molar-refractivity contribution < 1.29 is 4.74 Å². The Morgan fingerprint density at radius 2 is 1.81 bits per heavy atom. The molecule has 0 bridgehead atoms. The summed E-state index contributed by atoms with van der Waals surface area (Å²) in [5, 5.41) is 9.66. The molecule has 0 saturated carbocycles. The van der Waals surface area contributed by atoms with Crippen molar-refractivity contribution in [3.05, 3.63) is 22.2 Å². The zero-order chi connectivity index (χ0) is 11.1. The van der Waals surface area contributed by atoms with Crippen LogP contribution < -0.4 is 0 Å². The van der Waals surface area contributed by atoms with Crippen LogP contribution in [0.15, 0.2) is 12.1 Å². The Bertz CT molecular complexity index is 495. The highest BCUT2D eigenvalue weighted by Gasteiger charge is 2.20. The zero-order valence-electron chi connectivity index (χ0n) is 8.36. The minimum absolute atomic E-state index is 0.0510. The smallest absolute Gasteiger partial charge is 0.169 e. The Morgan fingerprint density at radius 1 is 1.19 bits per heavy atom. The molecule has 4 nitrogen and oxygen atoms in total. The summed E-state index contributed by atoms with van der Waals surface area (Å²) < 4.78 is 5.50. The van der Waals surface area contributed by atoms with Gasteiger partial charge in [0.05, 0.1) is 10.0 Å². The quantitative estimate of drug-likeness (QED) is 0.789. The summed E-state index contributed by atoms with van der Waals surface area (Å²) in [6, 6.07) is 3.44. The van der Waals surface area contributed by atoms with Crippen molar-refractivity contribution in [2.45, 2.75) is 19.1 Å². The average molecular weight is 258 g/mol. The van der Waals surface area contributed by atoms with Crippen molar-refractivity contribution in [1.29, 1.82) is 0 Å². The SMILES string of the molecule is Clc1cc2nn(C3CCCO3)nc2cc1Cl. The van der Waals surface area contributed by atoms with Crippen LogP contribution in [0.2, 0.25) is 10.0 Å². The van der Waals surface area contributed by atoms with E-state index in [-0.39, 0.29) is 6.23 Å². The molecule has 0 N–H and O–H groups in total. The van der Waals surface area contributed by atoms with Crippen LogP contribution in [0.3, 0.4) is 0 Å². The number of aromatic nitrogens is 3. The highest BCUT2D eigenvalue weighted by Crippen LogP contribution is 2.28. The highest BCUT2D eigenvalue weighted by atomic mass is 35.5. The number of fused-ring (bicyclic) bond motifs is 1. The van der Waals surface area contributed by atoms with E-state index in [4.69, 9.17) is 27.9 Å². The minimum atomic E-state index is -0.0510. The minimum Gasteiger partial charge on any atom is -0.355 e. The number of halogens is 2. The summed E-state index contributed by atoms with van der Waals surface area (Å²) in [6.45, 7) is 0.768. The van der Waals surface area contributed by atoms with E-state index in [0.29, 0.717) is 10.0 Å². The van der Waals surface area contributed by atoms with Crippen LogP contribution in [-0.2, 0) is 4.74 Å². The van der Waals surface area contributed by atoms with E-state index in [9.17, 15) is 0 Å². The molecular weight excluding hydrogens is 249 g/mol. The van der Waals surface area contributed by atoms with E-state index in [0.717, 1.165) is 30.5 Å². The molecule has 0 amide bonds. The number of ether oxygens (including phenoxy) is 1. The number of hydrogen-bond donors (Lipinski definition) is 0. The topological polar surface area (TPSA) is 39.9 Å². The Labute approximate surface area is 102 Å². The largest absolute Gasteiger partial charge is 0.355 e. The molecule has 1 unspecified atom stereocenters. The fraction of sp³-hybridized carbons (Fsp3) is 0.400. The molecule has 3 rings (SSSR count). The standard InChI is InChI=1S/C10H9Cl2N3O/c11-6-4-8-9(5-7(6)12)14-15(13-8)10-2-1-3-16-10/h4-5,10H,1-3H2. The summed E-state index contributed by atoms with van der Waals surface area (Å²) in [6.07, 6.45) is 1.94. The van der Waals surface area contributed by atoms with Gasteiger partial charge in [0.2, 0.25) is 0 Å². The van der Waals surface area contributed by atoms with Gasteiger partial charge in [0.25, 0.3) is 0 Å². The summed E-state index contributed by atoms with van der Waals surface area (Å²) in [5.74, 6) is 0. The third-order valence-electron chi connectivity index (χ3n) is 2.60. The molecule has 6 heteroatoms. The lowest BCUT2D eigenvalue weighted by Crippen LogP contribution is -2.10. The molecule has 0 spiro atoms. The van der Waals surface area contributed by atoms with E-state index in [1.807, 2.05) is 0 Å². The van der Waals surface area contributed by atoms with Crippen molar-refractivity contribution in [1.82, 2.24) is 15.0 Å². The first-order valence-electron chi connectivity index (χ1n) is 5.07. The van der Waals surface area contributed by atoms with Crippen LogP contribution in [0, 0.1) is 0 Å². The molecule has 0 radical (unpaired) electrons. The van der Waals surface area contributed by atoms with Gasteiger partial charge in [-0.25, -0.2) is 0 Å². The third-order valence-corrected chi connectivity index (χ3v) is 3.32. The van der Waals surface area contributed by atoms with Crippen LogP contribution in [0.1, 0.15) is 19.1 Å². The van der Waals surface area contributed by atoms with Gasteiger partial charge in [-0.3, -0.25) is 0 Å². The lowest BCUT2D eigenvalue weighted by molar-refractivity contribution is 0.0362. The first-order chi connectivity index (χ1) is 7.74. The molecule has 16 heavy (non-hydrogen) atoms. The van der Waals surface area contributed by atoms with E-state index < -0.39 is 0 Å². The van der Waals surface area contributed by atoms with Gasteiger partial charge < -0.3 is 4.74 Å². The second kappa shape index (κ2) is 3.87. The van der Waals surface area contributed by atoms with Crippen LogP contribution in [0.25, 0.3) is 11.0 Å². The molecule has 1 aromatic heterocycles. The maximum atomic E-state index is 5.92. The number of nitrogens with zero attached hydrogens (tertiary/aromatic N) is 3. The summed E-state index contributed by atoms with van der Waals surface area (Å²) >= 11 is 11.8. The van der Waals surface area contributed by atoms with Crippen molar-refractivity contribution in [3.8, 4) is 0 Å². The van der Waals surface area contributed by atoms with Gasteiger partial charge in [0.1, 0.15) is 11.0 Å². The van der Waals surface area contributed by atoms with Gasteiger partial charge in [-0.1, -0.05) is 23.2 Å².